The highest BCUT2D eigenvalue weighted by atomic mass is 19.4. The third kappa shape index (κ3) is 4.74. The molecule has 0 fully saturated rings. The number of alkyl halides is 6. The van der Waals surface area contributed by atoms with Crippen LogP contribution in [-0.4, -0.2) is 34.6 Å². The number of carbonyl (C=O) groups excluding carboxylic acids is 1. The quantitative estimate of drug-likeness (QED) is 0.608. The van der Waals surface area contributed by atoms with E-state index >= 15 is 0 Å². The van der Waals surface area contributed by atoms with Crippen LogP contribution >= 0.6 is 0 Å². The third-order valence-corrected chi connectivity index (χ3v) is 3.37. The van der Waals surface area contributed by atoms with Crippen molar-refractivity contribution in [3.63, 3.8) is 0 Å². The highest BCUT2D eigenvalue weighted by Crippen LogP contribution is 2.50. The van der Waals surface area contributed by atoms with E-state index in [0.717, 1.165) is 0 Å². The van der Waals surface area contributed by atoms with E-state index in [9.17, 15) is 36.2 Å². The van der Waals surface area contributed by atoms with Crippen molar-refractivity contribution in [1.82, 2.24) is 0 Å². The Bertz CT molecular complexity index is 417. The molecule has 0 saturated heterocycles. The number of carbonyl (C=O) groups is 1. The lowest BCUT2D eigenvalue weighted by atomic mass is 9.83. The predicted octanol–water partition coefficient (Wildman–Crippen LogP) is 4.24. The molecule has 0 rings (SSSR count). The minimum Gasteiger partial charge on any atom is -0.456 e. The summed E-state index contributed by atoms with van der Waals surface area (Å²) >= 11 is 0. The van der Waals surface area contributed by atoms with Crippen LogP contribution in [0.5, 0.6) is 0 Å². The summed E-state index contributed by atoms with van der Waals surface area (Å²) in [5, 5.41) is 9.35. The van der Waals surface area contributed by atoms with E-state index in [1.54, 1.807) is 20.8 Å². The van der Waals surface area contributed by atoms with Crippen LogP contribution in [0.2, 0.25) is 0 Å². The first-order valence-corrected chi connectivity index (χ1v) is 6.85. The van der Waals surface area contributed by atoms with E-state index in [0.29, 0.717) is 13.8 Å². The number of halogens is 6. The molecule has 23 heavy (non-hydrogen) atoms. The van der Waals surface area contributed by atoms with Gasteiger partial charge in [-0.1, -0.05) is 27.7 Å². The summed E-state index contributed by atoms with van der Waals surface area (Å²) in [6.45, 7) is 7.37. The summed E-state index contributed by atoms with van der Waals surface area (Å²) in [6.07, 6.45) is -11.9. The Morgan fingerprint density at radius 2 is 1.30 bits per heavy atom. The van der Waals surface area contributed by atoms with Crippen molar-refractivity contribution in [3.05, 3.63) is 0 Å². The Balaban J connectivity index is 5.57. The number of hydrogen-bond donors (Lipinski definition) is 1. The van der Waals surface area contributed by atoms with Crippen molar-refractivity contribution < 1.29 is 41.0 Å². The summed E-state index contributed by atoms with van der Waals surface area (Å²) < 4.78 is 81.6. The van der Waals surface area contributed by atoms with Crippen LogP contribution in [0.4, 0.5) is 26.3 Å². The highest BCUT2D eigenvalue weighted by Gasteiger charge is 2.78. The monoisotopic (exact) mass is 352 g/mol. The summed E-state index contributed by atoms with van der Waals surface area (Å²) in [7, 11) is 0. The standard InChI is InChI=1S/C14H22F6O3/c1-8(7-10(2,3)4)9(21)23-11(5,6)12(22,13(15,16)17)14(18,19)20/h8,22H,7H2,1-6H3. The van der Waals surface area contributed by atoms with Gasteiger partial charge in [-0.05, 0) is 25.7 Å². The van der Waals surface area contributed by atoms with Crippen LogP contribution in [0.15, 0.2) is 0 Å². The van der Waals surface area contributed by atoms with Crippen LogP contribution in [0, 0.1) is 11.3 Å². The largest absolute Gasteiger partial charge is 0.456 e. The molecule has 0 aromatic rings. The van der Waals surface area contributed by atoms with E-state index in [4.69, 9.17) is 0 Å². The van der Waals surface area contributed by atoms with Gasteiger partial charge in [-0.2, -0.15) is 26.3 Å². The Morgan fingerprint density at radius 1 is 0.957 bits per heavy atom. The lowest BCUT2D eigenvalue weighted by molar-refractivity contribution is -0.407. The molecule has 0 aromatic heterocycles. The zero-order chi connectivity index (χ0) is 19.1. The van der Waals surface area contributed by atoms with Gasteiger partial charge in [0.05, 0.1) is 5.92 Å². The second kappa shape index (κ2) is 6.14. The van der Waals surface area contributed by atoms with Crippen molar-refractivity contribution in [2.75, 3.05) is 0 Å². The third-order valence-electron chi connectivity index (χ3n) is 3.37. The second-order valence-electron chi connectivity index (χ2n) is 7.30. The van der Waals surface area contributed by atoms with Gasteiger partial charge in [0, 0.05) is 0 Å². The average Bonchev–Trinajstić information content (AvgIpc) is 2.21. The average molecular weight is 352 g/mol. The summed E-state index contributed by atoms with van der Waals surface area (Å²) in [6, 6.07) is 0. The zero-order valence-corrected chi connectivity index (χ0v) is 13.8. The number of ether oxygens (including phenoxy) is 1. The Labute approximate surface area is 131 Å². The topological polar surface area (TPSA) is 46.5 Å². The van der Waals surface area contributed by atoms with Gasteiger partial charge in [-0.15, -0.1) is 0 Å². The molecule has 0 aliphatic heterocycles. The second-order valence-corrected chi connectivity index (χ2v) is 7.30. The fourth-order valence-corrected chi connectivity index (χ4v) is 2.27. The molecule has 1 N–H and O–H groups in total. The number of rotatable bonds is 4. The van der Waals surface area contributed by atoms with E-state index in [-0.39, 0.29) is 11.8 Å². The van der Waals surface area contributed by atoms with Gasteiger partial charge >= 0.3 is 18.3 Å². The van der Waals surface area contributed by atoms with Gasteiger partial charge in [0.25, 0.3) is 5.60 Å². The first kappa shape index (κ1) is 22.0. The molecule has 0 amide bonds. The molecule has 0 aliphatic rings. The Hall–Kier alpha value is -0.990. The van der Waals surface area contributed by atoms with Crippen LogP contribution in [0.25, 0.3) is 0 Å². The molecule has 0 saturated carbocycles. The molecule has 3 nitrogen and oxygen atoms in total. The van der Waals surface area contributed by atoms with Crippen molar-refractivity contribution in [2.24, 2.45) is 11.3 Å². The Morgan fingerprint density at radius 3 is 1.57 bits per heavy atom. The zero-order valence-electron chi connectivity index (χ0n) is 13.8. The highest BCUT2D eigenvalue weighted by molar-refractivity contribution is 5.72. The van der Waals surface area contributed by atoms with Crippen LogP contribution in [-0.2, 0) is 9.53 Å². The molecule has 0 aromatic carbocycles. The van der Waals surface area contributed by atoms with Crippen LogP contribution in [0.3, 0.4) is 0 Å². The van der Waals surface area contributed by atoms with Crippen molar-refractivity contribution >= 4 is 5.97 Å². The molecular weight excluding hydrogens is 330 g/mol. The minimum atomic E-state index is -6.07. The molecule has 0 bridgehead atoms. The summed E-state index contributed by atoms with van der Waals surface area (Å²) in [5.41, 5.74) is -8.80. The number of hydrogen-bond acceptors (Lipinski definition) is 3. The molecule has 1 atom stereocenters. The van der Waals surface area contributed by atoms with Gasteiger partial charge in [0.15, 0.2) is 5.60 Å². The molecule has 1 unspecified atom stereocenters. The van der Waals surface area contributed by atoms with E-state index in [2.05, 4.69) is 4.74 Å². The molecule has 0 aliphatic carbocycles. The van der Waals surface area contributed by atoms with Crippen molar-refractivity contribution in [1.29, 1.82) is 0 Å². The van der Waals surface area contributed by atoms with Crippen LogP contribution in [0.1, 0.15) is 48.0 Å². The maximum absolute atomic E-state index is 12.9. The van der Waals surface area contributed by atoms with Gasteiger partial charge in [0.1, 0.15) is 0 Å². The number of esters is 1. The van der Waals surface area contributed by atoms with Crippen molar-refractivity contribution in [3.8, 4) is 0 Å². The first-order valence-electron chi connectivity index (χ1n) is 6.85. The fourth-order valence-electron chi connectivity index (χ4n) is 2.27. The SMILES string of the molecule is CC(CC(C)(C)C)C(=O)OC(C)(C)C(O)(C(F)(F)F)C(F)(F)F. The maximum Gasteiger partial charge on any atom is 0.430 e. The fraction of sp³-hybridized carbons (Fsp3) is 0.929. The molecule has 9 heteroatoms. The molecule has 0 radical (unpaired) electrons. The van der Waals surface area contributed by atoms with Gasteiger partial charge in [-0.25, -0.2) is 0 Å². The minimum absolute atomic E-state index is 0.193. The van der Waals surface area contributed by atoms with E-state index in [1.165, 1.54) is 6.92 Å². The lowest BCUT2D eigenvalue weighted by Crippen LogP contribution is -2.70. The normalized spacial score (nSPS) is 16.2. The number of aliphatic hydroxyl groups is 1. The molecule has 0 spiro atoms. The van der Waals surface area contributed by atoms with E-state index in [1.807, 2.05) is 0 Å². The van der Waals surface area contributed by atoms with Gasteiger partial charge in [0.2, 0.25) is 0 Å². The summed E-state index contributed by atoms with van der Waals surface area (Å²) in [4.78, 5) is 11.9. The molecule has 0 heterocycles. The first-order chi connectivity index (χ1) is 9.76. The lowest BCUT2D eigenvalue weighted by Gasteiger charge is -2.43. The molecular formula is C14H22F6O3. The maximum atomic E-state index is 12.9. The predicted molar refractivity (Wildman–Crippen MR) is 70.5 cm³/mol. The van der Waals surface area contributed by atoms with Crippen LogP contribution < -0.4 is 0 Å². The Kier molecular flexibility index (Phi) is 5.88. The molecule has 138 valence electrons. The van der Waals surface area contributed by atoms with Crippen molar-refractivity contribution in [2.45, 2.75) is 71.5 Å². The van der Waals surface area contributed by atoms with Gasteiger partial charge in [-0.3, -0.25) is 4.79 Å². The van der Waals surface area contributed by atoms with E-state index < -0.39 is 35.4 Å². The van der Waals surface area contributed by atoms with Gasteiger partial charge < -0.3 is 9.84 Å². The summed E-state index contributed by atoms with van der Waals surface area (Å²) in [5.74, 6) is -2.17. The smallest absolute Gasteiger partial charge is 0.430 e.